The predicted molar refractivity (Wildman–Crippen MR) is 254 cm³/mol. The van der Waals surface area contributed by atoms with Crippen LogP contribution in [0.5, 0.6) is 0 Å². The predicted octanol–water partition coefficient (Wildman–Crippen LogP) is 15.8. The number of hydrogen-bond donors (Lipinski definition) is 0. The van der Waals surface area contributed by atoms with E-state index in [4.69, 9.17) is 14.4 Å². The molecule has 2 heterocycles. The van der Waals surface area contributed by atoms with Gasteiger partial charge < -0.3 is 4.42 Å². The van der Waals surface area contributed by atoms with E-state index in [0.29, 0.717) is 5.82 Å². The molecule has 3 heteroatoms. The van der Waals surface area contributed by atoms with Crippen LogP contribution in [0, 0.1) is 0 Å². The number of para-hydroxylation sites is 1. The van der Waals surface area contributed by atoms with E-state index in [1.54, 1.807) is 0 Å². The molecule has 0 unspecified atom stereocenters. The summed E-state index contributed by atoms with van der Waals surface area (Å²) < 4.78 is 6.20. The van der Waals surface area contributed by atoms with Gasteiger partial charge in [-0.05, 0) is 83.5 Å². The lowest BCUT2D eigenvalue weighted by atomic mass is 9.82. The Morgan fingerprint density at radius 2 is 0.869 bits per heavy atom. The van der Waals surface area contributed by atoms with Gasteiger partial charge in [0.2, 0.25) is 0 Å². The van der Waals surface area contributed by atoms with Crippen molar-refractivity contribution in [1.29, 1.82) is 0 Å². The quantitative estimate of drug-likeness (QED) is 0.125. The lowest BCUT2D eigenvalue weighted by Crippen LogP contribution is -1.97. The van der Waals surface area contributed by atoms with Gasteiger partial charge in [-0.3, -0.25) is 0 Å². The molecule has 0 saturated carbocycles. The number of furan rings is 1. The summed E-state index contributed by atoms with van der Waals surface area (Å²) in [7, 11) is 0. The summed E-state index contributed by atoms with van der Waals surface area (Å²) in [6.07, 6.45) is 0. The van der Waals surface area contributed by atoms with Crippen LogP contribution in [-0.2, 0) is 0 Å². The van der Waals surface area contributed by atoms with Gasteiger partial charge in [0.1, 0.15) is 11.3 Å². The first-order chi connectivity index (χ1) is 30.2. The first kappa shape index (κ1) is 34.9. The average molecular weight is 777 g/mol. The molecule has 10 aromatic carbocycles. The molecule has 0 aliphatic carbocycles. The summed E-state index contributed by atoms with van der Waals surface area (Å²) in [5, 5.41) is 10.8. The van der Waals surface area contributed by atoms with E-state index >= 15 is 0 Å². The molecule has 0 amide bonds. The van der Waals surface area contributed by atoms with Crippen LogP contribution in [0.15, 0.2) is 223 Å². The molecule has 0 bridgehead atoms. The molecule has 0 atom stereocenters. The minimum absolute atomic E-state index is 0.683. The second kappa shape index (κ2) is 14.3. The van der Waals surface area contributed by atoms with Crippen LogP contribution in [-0.4, -0.2) is 9.97 Å². The van der Waals surface area contributed by atoms with Crippen molar-refractivity contribution in [2.75, 3.05) is 0 Å². The Morgan fingerprint density at radius 3 is 1.61 bits per heavy atom. The molecule has 0 aliphatic rings. The van der Waals surface area contributed by atoms with Gasteiger partial charge in [0, 0.05) is 27.6 Å². The lowest BCUT2D eigenvalue weighted by Gasteiger charge is -2.21. The zero-order chi connectivity index (χ0) is 40.3. The highest BCUT2D eigenvalue weighted by Gasteiger charge is 2.21. The van der Waals surface area contributed by atoms with E-state index < -0.39 is 0 Å². The van der Waals surface area contributed by atoms with E-state index in [2.05, 4.69) is 182 Å². The van der Waals surface area contributed by atoms with E-state index in [1.807, 2.05) is 36.4 Å². The monoisotopic (exact) mass is 776 g/mol. The zero-order valence-electron chi connectivity index (χ0n) is 33.1. The molecule has 0 N–H and O–H groups in total. The van der Waals surface area contributed by atoms with Crippen LogP contribution >= 0.6 is 0 Å². The van der Waals surface area contributed by atoms with Crippen LogP contribution in [0.2, 0.25) is 0 Å². The van der Waals surface area contributed by atoms with Crippen molar-refractivity contribution in [3.63, 3.8) is 0 Å². The zero-order valence-corrected chi connectivity index (χ0v) is 33.1. The van der Waals surface area contributed by atoms with Crippen LogP contribution in [0.3, 0.4) is 0 Å². The molecular formula is C58H36N2O. The van der Waals surface area contributed by atoms with E-state index in [1.165, 1.54) is 60.0 Å². The van der Waals surface area contributed by atoms with Crippen molar-refractivity contribution in [2.45, 2.75) is 0 Å². The fraction of sp³-hybridized carbons (Fsp3) is 0. The molecule has 0 spiro atoms. The SMILES string of the molecule is c1ccc(-c2nc(-c3ccc(-c4cc5ccccc5o4)cc3)cc(-c3ccc(-c4c5ccccc5c(-c5ccccc5)c5c4ccc4ccccc45)c4ccccc34)n2)cc1. The van der Waals surface area contributed by atoms with Gasteiger partial charge in [-0.2, -0.15) is 0 Å². The van der Waals surface area contributed by atoms with Gasteiger partial charge in [0.15, 0.2) is 5.82 Å². The Hall–Kier alpha value is -8.14. The number of aromatic nitrogens is 2. The summed E-state index contributed by atoms with van der Waals surface area (Å²) >= 11 is 0. The van der Waals surface area contributed by atoms with Crippen molar-refractivity contribution < 1.29 is 4.42 Å². The number of nitrogens with zero attached hydrogens (tertiary/aromatic N) is 2. The van der Waals surface area contributed by atoms with E-state index in [-0.39, 0.29) is 0 Å². The van der Waals surface area contributed by atoms with Crippen molar-refractivity contribution in [1.82, 2.24) is 9.97 Å². The Morgan fingerprint density at radius 1 is 0.311 bits per heavy atom. The fourth-order valence-electron chi connectivity index (χ4n) is 9.26. The largest absolute Gasteiger partial charge is 0.456 e. The molecule has 3 nitrogen and oxygen atoms in total. The smallest absolute Gasteiger partial charge is 0.160 e. The Kier molecular flexibility index (Phi) is 8.17. The van der Waals surface area contributed by atoms with Crippen LogP contribution in [0.4, 0.5) is 0 Å². The second-order valence-corrected chi connectivity index (χ2v) is 15.6. The summed E-state index contributed by atoms with van der Waals surface area (Å²) in [5.74, 6) is 1.53. The highest BCUT2D eigenvalue weighted by molar-refractivity contribution is 6.29. The maximum absolute atomic E-state index is 6.20. The molecular weight excluding hydrogens is 741 g/mol. The molecule has 0 saturated heterocycles. The third-order valence-corrected chi connectivity index (χ3v) is 12.1. The van der Waals surface area contributed by atoms with Gasteiger partial charge >= 0.3 is 0 Å². The van der Waals surface area contributed by atoms with Crippen molar-refractivity contribution in [2.24, 2.45) is 0 Å². The number of fused-ring (bicyclic) bond motifs is 6. The van der Waals surface area contributed by atoms with Gasteiger partial charge in [-0.25, -0.2) is 9.97 Å². The molecule has 12 aromatic rings. The minimum Gasteiger partial charge on any atom is -0.456 e. The third kappa shape index (κ3) is 5.90. The third-order valence-electron chi connectivity index (χ3n) is 12.1. The van der Waals surface area contributed by atoms with E-state index in [9.17, 15) is 0 Å². The summed E-state index contributed by atoms with van der Waals surface area (Å²) in [4.78, 5) is 10.5. The average Bonchev–Trinajstić information content (AvgIpc) is 3.78. The van der Waals surface area contributed by atoms with Gasteiger partial charge in [-0.1, -0.05) is 200 Å². The minimum atomic E-state index is 0.683. The van der Waals surface area contributed by atoms with Crippen LogP contribution in [0.25, 0.3) is 122 Å². The Bertz CT molecular complexity index is 3590. The van der Waals surface area contributed by atoms with Gasteiger partial charge in [0.05, 0.1) is 11.4 Å². The number of hydrogen-bond acceptors (Lipinski definition) is 3. The molecule has 0 radical (unpaired) electrons. The Balaban J connectivity index is 1.07. The van der Waals surface area contributed by atoms with Crippen molar-refractivity contribution in [3.05, 3.63) is 218 Å². The highest BCUT2D eigenvalue weighted by Crippen LogP contribution is 2.48. The van der Waals surface area contributed by atoms with Crippen molar-refractivity contribution in [3.8, 4) is 67.5 Å². The van der Waals surface area contributed by atoms with Crippen LogP contribution in [0.1, 0.15) is 0 Å². The first-order valence-corrected chi connectivity index (χ1v) is 20.7. The normalized spacial score (nSPS) is 11.6. The Labute approximate surface area is 352 Å². The maximum atomic E-state index is 6.20. The molecule has 284 valence electrons. The fourth-order valence-corrected chi connectivity index (χ4v) is 9.26. The lowest BCUT2D eigenvalue weighted by molar-refractivity contribution is 0.631. The topological polar surface area (TPSA) is 38.9 Å². The summed E-state index contributed by atoms with van der Waals surface area (Å²) in [6.45, 7) is 0. The van der Waals surface area contributed by atoms with Crippen molar-refractivity contribution >= 4 is 54.1 Å². The second-order valence-electron chi connectivity index (χ2n) is 15.6. The molecule has 12 rings (SSSR count). The number of rotatable bonds is 6. The first-order valence-electron chi connectivity index (χ1n) is 20.7. The molecule has 61 heavy (non-hydrogen) atoms. The van der Waals surface area contributed by atoms with E-state index in [0.717, 1.165) is 55.8 Å². The molecule has 0 fully saturated rings. The number of benzene rings is 10. The summed E-state index contributed by atoms with van der Waals surface area (Å²) in [6, 6.07) is 77.6. The maximum Gasteiger partial charge on any atom is 0.160 e. The molecule has 0 aliphatic heterocycles. The summed E-state index contributed by atoms with van der Waals surface area (Å²) in [5.41, 5.74) is 11.5. The van der Waals surface area contributed by atoms with Crippen LogP contribution < -0.4 is 0 Å². The molecule has 2 aromatic heterocycles. The highest BCUT2D eigenvalue weighted by atomic mass is 16.3. The van der Waals surface area contributed by atoms with Gasteiger partial charge in [-0.15, -0.1) is 0 Å². The van der Waals surface area contributed by atoms with Gasteiger partial charge in [0.25, 0.3) is 0 Å². The standard InChI is InChI=1S/C58H36N2O/c1-3-16-40(17-4-1)55-47-24-12-13-25-48(47)56(50-32-31-37-15-7-9-21-43(37)57(50)55)49-34-33-46(44-22-10-11-23-45(44)49)52-36-51(59-58(60-52)41-18-5-2-6-19-41)38-27-29-39(30-28-38)54-35-42-20-8-14-26-53(42)61-54/h1-36H.